The minimum Gasteiger partial charge on any atom is -0.370 e. The maximum atomic E-state index is 12.4. The Bertz CT molecular complexity index is 778. The lowest BCUT2D eigenvalue weighted by Crippen LogP contribution is -2.44. The molecular weight excluding hydrogens is 346 g/mol. The molecule has 2 aromatic rings. The summed E-state index contributed by atoms with van der Waals surface area (Å²) in [4.78, 5) is 25.3. The first-order valence-corrected chi connectivity index (χ1v) is 8.82. The molecule has 0 saturated carbocycles. The van der Waals surface area contributed by atoms with Crippen molar-refractivity contribution in [3.8, 4) is 0 Å². The number of rotatable bonds is 7. The van der Waals surface area contributed by atoms with Gasteiger partial charge >= 0.3 is 0 Å². The number of primary amides is 1. The third-order valence-corrected chi connectivity index (χ3v) is 4.35. The molecule has 0 saturated heterocycles. The summed E-state index contributed by atoms with van der Waals surface area (Å²) in [6.07, 6.45) is 0.419. The summed E-state index contributed by atoms with van der Waals surface area (Å²) in [5.74, 6) is -0.585. The van der Waals surface area contributed by atoms with Crippen molar-refractivity contribution in [2.24, 2.45) is 5.73 Å². The molecule has 5 nitrogen and oxygen atoms in total. The third-order valence-electron chi connectivity index (χ3n) is 3.99. The second kappa shape index (κ2) is 9.68. The van der Waals surface area contributed by atoms with Gasteiger partial charge in [-0.3, -0.25) is 9.59 Å². The van der Waals surface area contributed by atoms with Crippen LogP contribution in [0.1, 0.15) is 23.1 Å². The zero-order valence-corrected chi connectivity index (χ0v) is 15.6. The maximum Gasteiger partial charge on any atom is 0.230 e. The molecule has 0 aromatic heterocycles. The molecule has 0 aliphatic heterocycles. The average Bonchev–Trinajstić information content (AvgIpc) is 2.61. The van der Waals surface area contributed by atoms with Gasteiger partial charge in [-0.15, -0.1) is 0 Å². The summed E-state index contributed by atoms with van der Waals surface area (Å²) >= 11 is 5.39. The fourth-order valence-electron chi connectivity index (χ4n) is 2.53. The van der Waals surface area contributed by atoms with E-state index in [0.29, 0.717) is 18.2 Å². The van der Waals surface area contributed by atoms with Crippen molar-refractivity contribution in [2.75, 3.05) is 6.54 Å². The Kier molecular flexibility index (Phi) is 7.29. The average molecular weight is 369 g/mol. The van der Waals surface area contributed by atoms with Crippen molar-refractivity contribution in [2.45, 2.75) is 26.3 Å². The lowest BCUT2D eigenvalue weighted by molar-refractivity contribution is -0.119. The van der Waals surface area contributed by atoms with Crippen LogP contribution in [0.2, 0.25) is 0 Å². The van der Waals surface area contributed by atoms with E-state index < -0.39 is 5.91 Å². The number of carbonyl (C=O) groups excluding carboxylic acids is 2. The summed E-state index contributed by atoms with van der Waals surface area (Å²) < 4.78 is 0. The molecule has 0 atom stereocenters. The standard InChI is InChI=1S/C20H23N3O2S/c1-15-7-5-6-10-17(15)13-19(25)22-20(26)23(12-11-18(21)24)14-16-8-3-2-4-9-16/h2-10H,11-14H2,1H3,(H2,21,24)(H,22,25,26). The summed E-state index contributed by atoms with van der Waals surface area (Å²) in [5.41, 5.74) is 8.31. The first-order valence-electron chi connectivity index (χ1n) is 8.41. The maximum absolute atomic E-state index is 12.4. The Morgan fingerprint density at radius 3 is 2.38 bits per heavy atom. The van der Waals surface area contributed by atoms with Crippen molar-refractivity contribution in [1.82, 2.24) is 10.2 Å². The number of aryl methyl sites for hydroxylation is 1. The van der Waals surface area contributed by atoms with Crippen molar-refractivity contribution in [3.05, 3.63) is 71.3 Å². The second-order valence-corrected chi connectivity index (χ2v) is 6.47. The van der Waals surface area contributed by atoms with E-state index in [4.69, 9.17) is 18.0 Å². The highest BCUT2D eigenvalue weighted by atomic mass is 32.1. The van der Waals surface area contributed by atoms with E-state index in [9.17, 15) is 9.59 Å². The predicted octanol–water partition coefficient (Wildman–Crippen LogP) is 2.32. The van der Waals surface area contributed by atoms with Crippen LogP contribution >= 0.6 is 12.2 Å². The van der Waals surface area contributed by atoms with Crippen LogP contribution in [0.4, 0.5) is 0 Å². The Hall–Kier alpha value is -2.73. The van der Waals surface area contributed by atoms with Crippen LogP contribution in [0.15, 0.2) is 54.6 Å². The Morgan fingerprint density at radius 1 is 1.08 bits per heavy atom. The van der Waals surface area contributed by atoms with Gasteiger partial charge in [-0.1, -0.05) is 54.6 Å². The topological polar surface area (TPSA) is 75.4 Å². The lowest BCUT2D eigenvalue weighted by Gasteiger charge is -2.25. The summed E-state index contributed by atoms with van der Waals surface area (Å²) in [6, 6.07) is 17.5. The van der Waals surface area contributed by atoms with Crippen LogP contribution in [-0.4, -0.2) is 28.4 Å². The van der Waals surface area contributed by atoms with E-state index in [1.165, 1.54) is 0 Å². The van der Waals surface area contributed by atoms with Gasteiger partial charge in [0.2, 0.25) is 11.8 Å². The van der Waals surface area contributed by atoms with Crippen molar-refractivity contribution in [3.63, 3.8) is 0 Å². The molecule has 0 radical (unpaired) electrons. The number of amides is 2. The highest BCUT2D eigenvalue weighted by Gasteiger charge is 2.15. The van der Waals surface area contributed by atoms with Gasteiger partial charge < -0.3 is 16.0 Å². The molecular formula is C20H23N3O2S. The Balaban J connectivity index is 2.01. The summed E-state index contributed by atoms with van der Waals surface area (Å²) in [6.45, 7) is 2.82. The fourth-order valence-corrected chi connectivity index (χ4v) is 2.79. The lowest BCUT2D eigenvalue weighted by atomic mass is 10.1. The zero-order chi connectivity index (χ0) is 18.9. The number of nitrogens with one attached hydrogen (secondary N) is 1. The van der Waals surface area contributed by atoms with E-state index >= 15 is 0 Å². The largest absolute Gasteiger partial charge is 0.370 e. The van der Waals surface area contributed by atoms with Crippen LogP contribution in [-0.2, 0) is 22.6 Å². The first-order chi connectivity index (χ1) is 12.5. The normalized spacial score (nSPS) is 10.2. The first kappa shape index (κ1) is 19.6. The minimum absolute atomic E-state index is 0.167. The van der Waals surface area contributed by atoms with Gasteiger partial charge in [0.05, 0.1) is 6.42 Å². The molecule has 0 spiro atoms. The minimum atomic E-state index is -0.405. The third kappa shape index (κ3) is 6.29. The van der Waals surface area contributed by atoms with Crippen LogP contribution in [0.25, 0.3) is 0 Å². The summed E-state index contributed by atoms with van der Waals surface area (Å²) in [5, 5.41) is 3.07. The molecule has 2 aromatic carbocycles. The van der Waals surface area contributed by atoms with Gasteiger partial charge in [0.15, 0.2) is 5.11 Å². The van der Waals surface area contributed by atoms with Gasteiger partial charge in [0.1, 0.15) is 0 Å². The molecule has 0 unspecified atom stereocenters. The monoisotopic (exact) mass is 369 g/mol. The number of carbonyl (C=O) groups is 2. The van der Waals surface area contributed by atoms with Gasteiger partial charge in [0, 0.05) is 19.5 Å². The molecule has 136 valence electrons. The van der Waals surface area contributed by atoms with Crippen LogP contribution < -0.4 is 11.1 Å². The Labute approximate surface area is 159 Å². The Morgan fingerprint density at radius 2 is 1.73 bits per heavy atom. The quantitative estimate of drug-likeness (QED) is 0.735. The number of nitrogens with zero attached hydrogens (tertiary/aromatic N) is 1. The highest BCUT2D eigenvalue weighted by Crippen LogP contribution is 2.09. The van der Waals surface area contributed by atoms with Gasteiger partial charge in [-0.25, -0.2) is 0 Å². The smallest absolute Gasteiger partial charge is 0.230 e. The zero-order valence-electron chi connectivity index (χ0n) is 14.8. The molecule has 3 N–H and O–H groups in total. The number of hydrogen-bond acceptors (Lipinski definition) is 3. The van der Waals surface area contributed by atoms with E-state index in [2.05, 4.69) is 5.32 Å². The van der Waals surface area contributed by atoms with Gasteiger partial charge in [0.25, 0.3) is 0 Å². The SMILES string of the molecule is Cc1ccccc1CC(=O)NC(=S)N(CCC(N)=O)Cc1ccccc1. The molecule has 0 bridgehead atoms. The van der Waals surface area contributed by atoms with E-state index in [1.807, 2.05) is 61.5 Å². The van der Waals surface area contributed by atoms with Crippen LogP contribution in [0.5, 0.6) is 0 Å². The van der Waals surface area contributed by atoms with Gasteiger partial charge in [-0.2, -0.15) is 0 Å². The molecule has 0 aliphatic rings. The molecule has 26 heavy (non-hydrogen) atoms. The number of thiocarbonyl (C=S) groups is 1. The van der Waals surface area contributed by atoms with Crippen molar-refractivity contribution >= 4 is 29.1 Å². The summed E-state index contributed by atoms with van der Waals surface area (Å²) in [7, 11) is 0. The number of hydrogen-bond donors (Lipinski definition) is 2. The molecule has 0 heterocycles. The predicted molar refractivity (Wildman–Crippen MR) is 106 cm³/mol. The van der Waals surface area contributed by atoms with Crippen LogP contribution in [0, 0.1) is 6.92 Å². The molecule has 2 rings (SSSR count). The van der Waals surface area contributed by atoms with Crippen LogP contribution in [0.3, 0.4) is 0 Å². The number of nitrogens with two attached hydrogens (primary N) is 1. The molecule has 0 fully saturated rings. The second-order valence-electron chi connectivity index (χ2n) is 6.08. The molecule has 0 aliphatic carbocycles. The van der Waals surface area contributed by atoms with E-state index in [-0.39, 0.29) is 18.7 Å². The van der Waals surface area contributed by atoms with E-state index in [1.54, 1.807) is 4.90 Å². The highest BCUT2D eigenvalue weighted by molar-refractivity contribution is 7.80. The fraction of sp³-hybridized carbons (Fsp3) is 0.250. The van der Waals surface area contributed by atoms with E-state index in [0.717, 1.165) is 16.7 Å². The molecule has 6 heteroatoms. The van der Waals surface area contributed by atoms with Crippen molar-refractivity contribution in [1.29, 1.82) is 0 Å². The number of benzene rings is 2. The van der Waals surface area contributed by atoms with Crippen molar-refractivity contribution < 1.29 is 9.59 Å². The molecule has 2 amide bonds. The van der Waals surface area contributed by atoms with Gasteiger partial charge in [-0.05, 0) is 35.8 Å².